The second-order valence-corrected chi connectivity index (χ2v) is 6.22. The first-order valence-corrected chi connectivity index (χ1v) is 7.84. The van der Waals surface area contributed by atoms with Gasteiger partial charge in [-0.25, -0.2) is 4.39 Å². The van der Waals surface area contributed by atoms with Crippen molar-refractivity contribution in [3.05, 3.63) is 58.9 Å². The molecule has 0 unspecified atom stereocenters. The summed E-state index contributed by atoms with van der Waals surface area (Å²) in [4.78, 5) is 12.9. The van der Waals surface area contributed by atoms with Crippen molar-refractivity contribution < 1.29 is 22.4 Å². The first kappa shape index (κ1) is 17.2. The molecular formula is C16H11F4N3OS. The van der Waals surface area contributed by atoms with Crippen LogP contribution in [-0.2, 0) is 13.2 Å². The highest BCUT2D eigenvalue weighted by atomic mass is 32.1. The number of alkyl halides is 3. The van der Waals surface area contributed by atoms with E-state index in [0.717, 1.165) is 22.1 Å². The molecule has 4 nitrogen and oxygen atoms in total. The molecule has 2 aromatic heterocycles. The summed E-state index contributed by atoms with van der Waals surface area (Å²) >= 11 is 0.995. The van der Waals surface area contributed by atoms with Gasteiger partial charge >= 0.3 is 6.18 Å². The number of rotatable bonds is 3. The fraction of sp³-hybridized carbons (Fsp3) is 0.125. The van der Waals surface area contributed by atoms with Gasteiger partial charge in [0.15, 0.2) is 5.69 Å². The van der Waals surface area contributed by atoms with Crippen molar-refractivity contribution in [1.82, 2.24) is 9.78 Å². The Balaban J connectivity index is 1.84. The van der Waals surface area contributed by atoms with Gasteiger partial charge in [0.1, 0.15) is 5.82 Å². The Labute approximate surface area is 143 Å². The highest BCUT2D eigenvalue weighted by Gasteiger charge is 2.34. The Hall–Kier alpha value is -2.68. The number of halogens is 4. The fourth-order valence-corrected chi connectivity index (χ4v) is 3.13. The Morgan fingerprint density at radius 3 is 2.56 bits per heavy atom. The molecule has 9 heteroatoms. The van der Waals surface area contributed by atoms with Crippen LogP contribution in [0.2, 0.25) is 0 Å². The minimum absolute atomic E-state index is 0.0299. The van der Waals surface area contributed by atoms with E-state index < -0.39 is 23.6 Å². The van der Waals surface area contributed by atoms with Crippen LogP contribution in [0, 0.1) is 5.82 Å². The first-order chi connectivity index (χ1) is 11.8. The molecule has 0 saturated heterocycles. The topological polar surface area (TPSA) is 46.9 Å². The zero-order valence-electron chi connectivity index (χ0n) is 12.8. The van der Waals surface area contributed by atoms with E-state index in [9.17, 15) is 22.4 Å². The number of aryl methyl sites for hydroxylation is 1. The van der Waals surface area contributed by atoms with E-state index in [4.69, 9.17) is 0 Å². The molecule has 1 aromatic carbocycles. The van der Waals surface area contributed by atoms with Crippen LogP contribution < -0.4 is 5.32 Å². The van der Waals surface area contributed by atoms with E-state index in [0.29, 0.717) is 4.88 Å². The molecular weight excluding hydrogens is 358 g/mol. The van der Waals surface area contributed by atoms with Crippen LogP contribution in [0.25, 0.3) is 10.6 Å². The maximum absolute atomic E-state index is 13.6. The van der Waals surface area contributed by atoms with Crippen LogP contribution in [0.1, 0.15) is 15.4 Å². The minimum Gasteiger partial charge on any atom is -0.319 e. The van der Waals surface area contributed by atoms with Crippen LogP contribution in [0.15, 0.2) is 42.5 Å². The normalized spacial score (nSPS) is 11.6. The number of anilines is 1. The molecule has 1 amide bonds. The lowest BCUT2D eigenvalue weighted by atomic mass is 10.3. The largest absolute Gasteiger partial charge is 0.435 e. The van der Waals surface area contributed by atoms with Crippen LogP contribution in [-0.4, -0.2) is 15.7 Å². The Kier molecular flexibility index (Phi) is 4.34. The van der Waals surface area contributed by atoms with Gasteiger partial charge in [-0.05, 0) is 30.3 Å². The first-order valence-electron chi connectivity index (χ1n) is 7.03. The minimum atomic E-state index is -4.54. The summed E-state index contributed by atoms with van der Waals surface area (Å²) in [6.45, 7) is 0. The molecule has 0 aliphatic heterocycles. The van der Waals surface area contributed by atoms with Gasteiger partial charge in [0.25, 0.3) is 5.91 Å². The number of thiophene rings is 1. The monoisotopic (exact) mass is 369 g/mol. The van der Waals surface area contributed by atoms with E-state index in [1.807, 2.05) is 0 Å². The summed E-state index contributed by atoms with van der Waals surface area (Å²) < 4.78 is 52.9. The molecule has 25 heavy (non-hydrogen) atoms. The second-order valence-electron chi connectivity index (χ2n) is 5.13. The Morgan fingerprint density at radius 2 is 1.92 bits per heavy atom. The van der Waals surface area contributed by atoms with E-state index in [2.05, 4.69) is 10.4 Å². The number of para-hydroxylation sites is 1. The molecule has 2 heterocycles. The quantitative estimate of drug-likeness (QED) is 0.688. The third kappa shape index (κ3) is 3.55. The number of carbonyl (C=O) groups excluding carboxylic acids is 1. The number of hydrogen-bond donors (Lipinski definition) is 1. The average molecular weight is 369 g/mol. The summed E-state index contributed by atoms with van der Waals surface area (Å²) in [7, 11) is 1.39. The number of carbonyl (C=O) groups is 1. The van der Waals surface area contributed by atoms with Crippen molar-refractivity contribution in [3.63, 3.8) is 0 Å². The summed E-state index contributed by atoms with van der Waals surface area (Å²) in [5.74, 6) is -1.12. The van der Waals surface area contributed by atoms with Gasteiger partial charge in [0, 0.05) is 7.05 Å². The molecule has 0 saturated carbocycles. The van der Waals surface area contributed by atoms with Crippen molar-refractivity contribution in [2.45, 2.75) is 6.18 Å². The molecule has 0 aliphatic rings. The van der Waals surface area contributed by atoms with Crippen molar-refractivity contribution in [3.8, 4) is 10.6 Å². The predicted octanol–water partition coefficient (Wildman–Crippen LogP) is 4.56. The van der Waals surface area contributed by atoms with Gasteiger partial charge < -0.3 is 5.32 Å². The Morgan fingerprint density at radius 1 is 1.20 bits per heavy atom. The maximum Gasteiger partial charge on any atom is 0.435 e. The molecule has 0 radical (unpaired) electrons. The zero-order valence-corrected chi connectivity index (χ0v) is 13.6. The van der Waals surface area contributed by atoms with E-state index in [-0.39, 0.29) is 16.3 Å². The third-order valence-corrected chi connectivity index (χ3v) is 4.48. The Bertz CT molecular complexity index is 930. The number of amides is 1. The molecule has 0 bridgehead atoms. The second kappa shape index (κ2) is 6.32. The average Bonchev–Trinajstić information content (AvgIpc) is 3.15. The lowest BCUT2D eigenvalue weighted by Crippen LogP contribution is -2.11. The van der Waals surface area contributed by atoms with Gasteiger partial charge in [-0.2, -0.15) is 18.3 Å². The summed E-state index contributed by atoms with van der Waals surface area (Å²) in [6.07, 6.45) is -4.54. The number of nitrogens with zero attached hydrogens (tertiary/aromatic N) is 2. The van der Waals surface area contributed by atoms with Gasteiger partial charge in [-0.1, -0.05) is 12.1 Å². The zero-order chi connectivity index (χ0) is 18.2. The molecule has 3 rings (SSSR count). The van der Waals surface area contributed by atoms with E-state index in [1.165, 1.54) is 37.4 Å². The maximum atomic E-state index is 13.6. The van der Waals surface area contributed by atoms with Gasteiger partial charge in [0.05, 0.1) is 21.1 Å². The lowest BCUT2D eigenvalue weighted by Gasteiger charge is -2.04. The van der Waals surface area contributed by atoms with Gasteiger partial charge in [-0.3, -0.25) is 9.48 Å². The third-order valence-electron chi connectivity index (χ3n) is 3.37. The van der Waals surface area contributed by atoms with E-state index in [1.54, 1.807) is 6.07 Å². The number of hydrogen-bond acceptors (Lipinski definition) is 3. The summed E-state index contributed by atoms with van der Waals surface area (Å²) in [6, 6.07) is 9.61. The lowest BCUT2D eigenvalue weighted by molar-refractivity contribution is -0.141. The van der Waals surface area contributed by atoms with Crippen LogP contribution in [0.3, 0.4) is 0 Å². The number of benzene rings is 1. The summed E-state index contributed by atoms with van der Waals surface area (Å²) in [5.41, 5.74) is -0.736. The molecule has 1 N–H and O–H groups in total. The SMILES string of the molecule is Cn1nc(C(F)(F)F)cc1-c1ccc(C(=O)Nc2ccccc2F)s1. The van der Waals surface area contributed by atoms with Crippen molar-refractivity contribution in [2.75, 3.05) is 5.32 Å². The number of nitrogens with one attached hydrogen (secondary N) is 1. The van der Waals surface area contributed by atoms with Crippen molar-refractivity contribution in [2.24, 2.45) is 7.05 Å². The molecule has 3 aromatic rings. The van der Waals surface area contributed by atoms with Crippen LogP contribution in [0.4, 0.5) is 23.2 Å². The van der Waals surface area contributed by atoms with Gasteiger partial charge in [0.2, 0.25) is 0 Å². The molecule has 0 aliphatic carbocycles. The van der Waals surface area contributed by atoms with Crippen molar-refractivity contribution >= 4 is 22.9 Å². The molecule has 0 atom stereocenters. The molecule has 0 spiro atoms. The fourth-order valence-electron chi connectivity index (χ4n) is 2.18. The van der Waals surface area contributed by atoms with Gasteiger partial charge in [-0.15, -0.1) is 11.3 Å². The molecule has 0 fully saturated rings. The standard InChI is InChI=1S/C16H11F4N3OS/c1-23-11(8-14(22-23)16(18,19)20)12-6-7-13(25-12)15(24)21-10-5-3-2-4-9(10)17/h2-8H,1H3,(H,21,24). The summed E-state index contributed by atoms with van der Waals surface area (Å²) in [5, 5.41) is 5.87. The number of aromatic nitrogens is 2. The predicted molar refractivity (Wildman–Crippen MR) is 85.9 cm³/mol. The highest BCUT2D eigenvalue weighted by molar-refractivity contribution is 7.17. The van der Waals surface area contributed by atoms with Crippen molar-refractivity contribution in [1.29, 1.82) is 0 Å². The smallest absolute Gasteiger partial charge is 0.319 e. The highest BCUT2D eigenvalue weighted by Crippen LogP contribution is 2.34. The van der Waals surface area contributed by atoms with E-state index >= 15 is 0 Å². The molecule has 130 valence electrons. The van der Waals surface area contributed by atoms with Crippen LogP contribution >= 0.6 is 11.3 Å². The van der Waals surface area contributed by atoms with Crippen LogP contribution in [0.5, 0.6) is 0 Å².